The van der Waals surface area contributed by atoms with Crippen LogP contribution in [0.5, 0.6) is 0 Å². The van der Waals surface area contributed by atoms with Gasteiger partial charge >= 0.3 is 0 Å². The molecule has 0 amide bonds. The molecule has 1 N–H and O–H groups in total. The van der Waals surface area contributed by atoms with E-state index >= 15 is 0 Å². The third kappa shape index (κ3) is 2.92. The lowest BCUT2D eigenvalue weighted by Crippen LogP contribution is -2.20. The van der Waals surface area contributed by atoms with E-state index in [2.05, 4.69) is 9.59 Å². The van der Waals surface area contributed by atoms with Gasteiger partial charge in [0.05, 0.1) is 17.7 Å². The van der Waals surface area contributed by atoms with Gasteiger partial charge < -0.3 is 5.11 Å². The van der Waals surface area contributed by atoms with Crippen LogP contribution in [0.2, 0.25) is 0 Å². The molecule has 4 nitrogen and oxygen atoms in total. The second kappa shape index (κ2) is 4.38. The SMILES string of the molecule is CN(CCO)Cc1cnns1. The summed E-state index contributed by atoms with van der Waals surface area (Å²) in [7, 11) is 1.95. The third-order valence-electron chi connectivity index (χ3n) is 1.31. The molecule has 1 heterocycles. The molecule has 0 fully saturated rings. The molecule has 0 saturated carbocycles. The van der Waals surface area contributed by atoms with Crippen LogP contribution in [0.15, 0.2) is 6.20 Å². The minimum absolute atomic E-state index is 0.197. The molecular weight excluding hydrogens is 162 g/mol. The lowest BCUT2D eigenvalue weighted by Gasteiger charge is -2.11. The van der Waals surface area contributed by atoms with E-state index in [0.29, 0.717) is 6.54 Å². The van der Waals surface area contributed by atoms with Crippen molar-refractivity contribution in [1.29, 1.82) is 0 Å². The Bertz CT molecular complexity index is 190. The number of rotatable bonds is 4. The molecule has 0 aromatic carbocycles. The zero-order valence-electron chi connectivity index (χ0n) is 6.40. The number of likely N-dealkylation sites (N-methyl/N-ethyl adjacent to an activating group) is 1. The summed E-state index contributed by atoms with van der Waals surface area (Å²) in [6, 6.07) is 0. The molecule has 0 radical (unpaired) electrons. The van der Waals surface area contributed by atoms with Gasteiger partial charge in [-0.1, -0.05) is 4.49 Å². The topological polar surface area (TPSA) is 49.2 Å². The zero-order chi connectivity index (χ0) is 8.10. The maximum atomic E-state index is 8.60. The summed E-state index contributed by atoms with van der Waals surface area (Å²) in [5.74, 6) is 0. The number of hydrogen-bond donors (Lipinski definition) is 1. The van der Waals surface area contributed by atoms with Crippen molar-refractivity contribution in [1.82, 2.24) is 14.5 Å². The van der Waals surface area contributed by atoms with E-state index in [1.807, 2.05) is 11.9 Å². The first-order valence-corrected chi connectivity index (χ1v) is 4.16. The minimum Gasteiger partial charge on any atom is -0.395 e. The summed E-state index contributed by atoms with van der Waals surface area (Å²) < 4.78 is 3.74. The van der Waals surface area contributed by atoms with Gasteiger partial charge in [-0.25, -0.2) is 0 Å². The van der Waals surface area contributed by atoms with E-state index < -0.39 is 0 Å². The van der Waals surface area contributed by atoms with E-state index in [0.717, 1.165) is 11.4 Å². The van der Waals surface area contributed by atoms with E-state index in [4.69, 9.17) is 5.11 Å². The van der Waals surface area contributed by atoms with Crippen molar-refractivity contribution in [3.63, 3.8) is 0 Å². The Hall–Kier alpha value is -0.520. The second-order valence-corrected chi connectivity index (χ2v) is 3.22. The summed E-state index contributed by atoms with van der Waals surface area (Å²) in [6.07, 6.45) is 1.75. The van der Waals surface area contributed by atoms with Gasteiger partial charge in [0.15, 0.2) is 0 Å². The van der Waals surface area contributed by atoms with Crippen LogP contribution in [-0.4, -0.2) is 39.8 Å². The van der Waals surface area contributed by atoms with Crippen LogP contribution in [-0.2, 0) is 6.54 Å². The molecule has 62 valence electrons. The molecule has 0 aliphatic carbocycles. The molecule has 0 spiro atoms. The molecule has 0 saturated heterocycles. The van der Waals surface area contributed by atoms with Gasteiger partial charge in [0.25, 0.3) is 0 Å². The van der Waals surface area contributed by atoms with Crippen LogP contribution in [0.4, 0.5) is 0 Å². The quantitative estimate of drug-likeness (QED) is 0.694. The molecular formula is C6H11N3OS. The molecule has 0 aliphatic rings. The van der Waals surface area contributed by atoms with Crippen molar-refractivity contribution in [3.8, 4) is 0 Å². The molecule has 5 heteroatoms. The monoisotopic (exact) mass is 173 g/mol. The molecule has 1 aromatic rings. The van der Waals surface area contributed by atoms with Crippen LogP contribution in [0.1, 0.15) is 4.88 Å². The highest BCUT2D eigenvalue weighted by Gasteiger charge is 2.00. The highest BCUT2D eigenvalue weighted by atomic mass is 32.1. The van der Waals surface area contributed by atoms with Gasteiger partial charge in [-0.2, -0.15) is 0 Å². The van der Waals surface area contributed by atoms with Crippen LogP contribution in [0.3, 0.4) is 0 Å². The van der Waals surface area contributed by atoms with Gasteiger partial charge in [0, 0.05) is 13.1 Å². The molecule has 0 unspecified atom stereocenters. The predicted octanol–water partition coefficient (Wildman–Crippen LogP) is -0.0378. The Balaban J connectivity index is 2.31. The fourth-order valence-electron chi connectivity index (χ4n) is 0.773. The van der Waals surface area contributed by atoms with Gasteiger partial charge in [-0.15, -0.1) is 5.10 Å². The van der Waals surface area contributed by atoms with Gasteiger partial charge in [0.1, 0.15) is 0 Å². The normalized spacial score (nSPS) is 10.8. The van der Waals surface area contributed by atoms with Gasteiger partial charge in [-0.05, 0) is 18.6 Å². The Morgan fingerprint density at radius 2 is 2.55 bits per heavy atom. The first kappa shape index (κ1) is 8.58. The highest BCUT2D eigenvalue weighted by molar-refractivity contribution is 7.05. The Labute approximate surface area is 69.6 Å². The number of aromatic nitrogens is 2. The maximum Gasteiger partial charge on any atom is 0.0666 e. The van der Waals surface area contributed by atoms with E-state index in [9.17, 15) is 0 Å². The summed E-state index contributed by atoms with van der Waals surface area (Å²) >= 11 is 1.39. The first-order valence-electron chi connectivity index (χ1n) is 3.38. The number of nitrogens with zero attached hydrogens (tertiary/aromatic N) is 3. The van der Waals surface area contributed by atoms with Crippen LogP contribution in [0.25, 0.3) is 0 Å². The predicted molar refractivity (Wildman–Crippen MR) is 43.3 cm³/mol. The largest absolute Gasteiger partial charge is 0.395 e. The lowest BCUT2D eigenvalue weighted by molar-refractivity contribution is 0.218. The van der Waals surface area contributed by atoms with Gasteiger partial charge in [-0.3, -0.25) is 4.90 Å². The van der Waals surface area contributed by atoms with Crippen LogP contribution in [0, 0.1) is 0 Å². The second-order valence-electron chi connectivity index (χ2n) is 2.35. The first-order chi connectivity index (χ1) is 5.33. The van der Waals surface area contributed by atoms with Crippen molar-refractivity contribution >= 4 is 11.5 Å². The number of hydrogen-bond acceptors (Lipinski definition) is 5. The van der Waals surface area contributed by atoms with Crippen molar-refractivity contribution in [3.05, 3.63) is 11.1 Å². The van der Waals surface area contributed by atoms with Crippen LogP contribution < -0.4 is 0 Å². The summed E-state index contributed by atoms with van der Waals surface area (Å²) in [5.41, 5.74) is 0. The Morgan fingerprint density at radius 1 is 1.73 bits per heavy atom. The van der Waals surface area contributed by atoms with Crippen molar-refractivity contribution in [2.24, 2.45) is 0 Å². The van der Waals surface area contributed by atoms with Crippen molar-refractivity contribution in [2.75, 3.05) is 20.2 Å². The Morgan fingerprint density at radius 3 is 3.09 bits per heavy atom. The number of aliphatic hydroxyl groups is 1. The molecule has 0 bridgehead atoms. The van der Waals surface area contributed by atoms with Crippen molar-refractivity contribution < 1.29 is 5.11 Å². The fraction of sp³-hybridized carbons (Fsp3) is 0.667. The fourth-order valence-corrected chi connectivity index (χ4v) is 1.34. The van der Waals surface area contributed by atoms with Crippen molar-refractivity contribution in [2.45, 2.75) is 6.54 Å². The average Bonchev–Trinajstić information content (AvgIpc) is 2.40. The smallest absolute Gasteiger partial charge is 0.0666 e. The van der Waals surface area contributed by atoms with E-state index in [1.165, 1.54) is 11.5 Å². The maximum absolute atomic E-state index is 8.60. The average molecular weight is 173 g/mol. The molecule has 0 aliphatic heterocycles. The third-order valence-corrected chi connectivity index (χ3v) is 1.96. The highest BCUT2D eigenvalue weighted by Crippen LogP contribution is 2.04. The summed E-state index contributed by atoms with van der Waals surface area (Å²) in [4.78, 5) is 3.15. The molecule has 1 rings (SSSR count). The summed E-state index contributed by atoms with van der Waals surface area (Å²) in [5, 5.41) is 12.3. The molecule has 11 heavy (non-hydrogen) atoms. The van der Waals surface area contributed by atoms with Crippen LogP contribution >= 0.6 is 11.5 Å². The zero-order valence-corrected chi connectivity index (χ0v) is 7.21. The standard InChI is InChI=1S/C6H11N3OS/c1-9(2-3-10)5-6-4-7-8-11-6/h4,10H,2-3,5H2,1H3. The minimum atomic E-state index is 0.197. The summed E-state index contributed by atoms with van der Waals surface area (Å²) in [6.45, 7) is 1.71. The number of aliphatic hydroxyl groups excluding tert-OH is 1. The van der Waals surface area contributed by atoms with E-state index in [-0.39, 0.29) is 6.61 Å². The molecule has 0 atom stereocenters. The van der Waals surface area contributed by atoms with E-state index in [1.54, 1.807) is 6.20 Å². The Kier molecular flexibility index (Phi) is 3.41. The molecule has 1 aromatic heterocycles. The van der Waals surface area contributed by atoms with Gasteiger partial charge in [0.2, 0.25) is 0 Å². The lowest BCUT2D eigenvalue weighted by atomic mass is 10.5.